The quantitative estimate of drug-likeness (QED) is 0.390. The molecule has 0 spiro atoms. The lowest BCUT2D eigenvalue weighted by atomic mass is 10.1. The number of carbonyl (C=O) groups is 3. The first-order valence-corrected chi connectivity index (χ1v) is 10.2. The Morgan fingerprint density at radius 2 is 1.69 bits per heavy atom. The zero-order valence-electron chi connectivity index (χ0n) is 17.3. The van der Waals surface area contributed by atoms with E-state index in [2.05, 4.69) is 5.43 Å². The molecule has 1 saturated carbocycles. The zero-order chi connectivity index (χ0) is 21.6. The third-order valence-electron chi connectivity index (χ3n) is 4.68. The van der Waals surface area contributed by atoms with Gasteiger partial charge in [0.2, 0.25) is 12.3 Å². The van der Waals surface area contributed by atoms with E-state index in [9.17, 15) is 24.0 Å². The second-order valence-corrected chi connectivity index (χ2v) is 7.04. The first kappa shape index (κ1) is 24.6. The van der Waals surface area contributed by atoms with Crippen LogP contribution in [0.2, 0.25) is 0 Å². The van der Waals surface area contributed by atoms with Crippen LogP contribution in [0.3, 0.4) is 0 Å². The van der Waals surface area contributed by atoms with Crippen LogP contribution >= 0.6 is 0 Å². The Bertz CT molecular complexity index is 628. The molecule has 0 aromatic heterocycles. The molecule has 1 aromatic rings. The van der Waals surface area contributed by atoms with Gasteiger partial charge in [-0.1, -0.05) is 46.0 Å². The Labute approximate surface area is 171 Å². The van der Waals surface area contributed by atoms with Gasteiger partial charge in [0.15, 0.2) is 0 Å². The monoisotopic (exact) mass is 409 g/mol. The maximum absolute atomic E-state index is 12.9. The summed E-state index contributed by atoms with van der Waals surface area (Å²) in [6.07, 6.45) is 8.70. The molecule has 2 rings (SSSR count). The number of hydrogen-bond donors (Lipinski definition) is 2. The van der Waals surface area contributed by atoms with E-state index >= 15 is 0 Å². The summed E-state index contributed by atoms with van der Waals surface area (Å²) in [5.74, 6) is -2.06. The molecule has 3 amide bonds. The van der Waals surface area contributed by atoms with Crippen LogP contribution in [0.25, 0.3) is 0 Å². The number of nitrogens with one attached hydrogen (secondary N) is 1. The zero-order valence-corrected chi connectivity index (χ0v) is 17.3. The summed E-state index contributed by atoms with van der Waals surface area (Å²) in [5.41, 5.74) is 2.71. The third-order valence-corrected chi connectivity index (χ3v) is 4.68. The summed E-state index contributed by atoms with van der Waals surface area (Å²) >= 11 is 0. The van der Waals surface area contributed by atoms with Crippen LogP contribution < -0.4 is 5.43 Å². The Morgan fingerprint density at radius 3 is 2.14 bits per heavy atom. The highest BCUT2D eigenvalue weighted by atomic mass is 19.1. The number of rotatable bonds is 8. The van der Waals surface area contributed by atoms with Gasteiger partial charge in [-0.2, -0.15) is 0 Å². The second-order valence-electron chi connectivity index (χ2n) is 7.04. The predicted molar refractivity (Wildman–Crippen MR) is 107 cm³/mol. The van der Waals surface area contributed by atoms with Gasteiger partial charge in [0.05, 0.1) is 12.5 Å². The Hall–Kier alpha value is -2.48. The highest BCUT2D eigenvalue weighted by Crippen LogP contribution is 2.15. The van der Waals surface area contributed by atoms with Crippen molar-refractivity contribution in [3.05, 3.63) is 35.6 Å². The van der Waals surface area contributed by atoms with Gasteiger partial charge in [0.1, 0.15) is 5.82 Å². The summed E-state index contributed by atoms with van der Waals surface area (Å²) in [4.78, 5) is 35.2. The SMILES string of the molecule is C1CCCC1.CCCN(NC(=O)c1ccc(F)cc1)C(=O)C(CC)CN(O)C=O. The van der Waals surface area contributed by atoms with E-state index in [1.807, 2.05) is 6.92 Å². The van der Waals surface area contributed by atoms with E-state index in [0.29, 0.717) is 17.9 Å². The minimum Gasteiger partial charge on any atom is -0.286 e. The number of hydrogen-bond acceptors (Lipinski definition) is 4. The van der Waals surface area contributed by atoms with Gasteiger partial charge in [-0.05, 0) is 37.1 Å². The number of hydrazine groups is 1. The van der Waals surface area contributed by atoms with Crippen LogP contribution in [-0.2, 0) is 9.59 Å². The van der Waals surface area contributed by atoms with E-state index in [1.54, 1.807) is 6.92 Å². The first-order valence-electron chi connectivity index (χ1n) is 10.2. The summed E-state index contributed by atoms with van der Waals surface area (Å²) < 4.78 is 12.9. The smallest absolute Gasteiger partial charge is 0.269 e. The molecule has 8 heteroatoms. The molecule has 1 fully saturated rings. The molecule has 1 unspecified atom stereocenters. The molecule has 29 heavy (non-hydrogen) atoms. The molecule has 1 atom stereocenters. The Morgan fingerprint density at radius 1 is 1.14 bits per heavy atom. The van der Waals surface area contributed by atoms with E-state index in [0.717, 1.165) is 12.1 Å². The van der Waals surface area contributed by atoms with Gasteiger partial charge < -0.3 is 0 Å². The Balaban J connectivity index is 0.000000726. The first-order chi connectivity index (χ1) is 13.9. The lowest BCUT2D eigenvalue weighted by molar-refractivity contribution is -0.157. The average Bonchev–Trinajstić information content (AvgIpc) is 3.31. The van der Waals surface area contributed by atoms with Crippen molar-refractivity contribution in [3.63, 3.8) is 0 Å². The number of benzene rings is 1. The van der Waals surface area contributed by atoms with Crippen LogP contribution in [0.15, 0.2) is 24.3 Å². The van der Waals surface area contributed by atoms with E-state index in [1.165, 1.54) is 49.2 Å². The summed E-state index contributed by atoms with van der Waals surface area (Å²) in [7, 11) is 0. The van der Waals surface area contributed by atoms with Crippen molar-refractivity contribution in [1.82, 2.24) is 15.5 Å². The van der Waals surface area contributed by atoms with Crippen LogP contribution in [0.4, 0.5) is 4.39 Å². The predicted octanol–water partition coefficient (Wildman–Crippen LogP) is 3.53. The minimum absolute atomic E-state index is 0.161. The van der Waals surface area contributed by atoms with Gasteiger partial charge in [0.25, 0.3) is 5.91 Å². The molecule has 0 radical (unpaired) electrons. The standard InChI is InChI=1S/C16H22FN3O4.C5H10/c1-3-9-20(16(23)12(4-2)10-19(24)11-21)18-15(22)13-5-7-14(17)8-6-13;1-2-4-5-3-1/h5-8,11-12,24H,3-4,9-10H2,1-2H3,(H,18,22);1-5H2. The molecule has 0 heterocycles. The van der Waals surface area contributed by atoms with Gasteiger partial charge in [-0.15, -0.1) is 0 Å². The Kier molecular flexibility index (Phi) is 11.6. The van der Waals surface area contributed by atoms with E-state index in [4.69, 9.17) is 0 Å². The second kappa shape index (κ2) is 13.7. The molecule has 1 aliphatic carbocycles. The number of halogens is 1. The number of nitrogens with zero attached hydrogens (tertiary/aromatic N) is 2. The molecule has 7 nitrogen and oxygen atoms in total. The van der Waals surface area contributed by atoms with Crippen LogP contribution in [-0.4, -0.2) is 46.6 Å². The molecule has 1 aliphatic rings. The average molecular weight is 410 g/mol. The third kappa shape index (κ3) is 9.04. The van der Waals surface area contributed by atoms with Crippen molar-refractivity contribution in [2.24, 2.45) is 5.92 Å². The van der Waals surface area contributed by atoms with Crippen molar-refractivity contribution in [2.75, 3.05) is 13.1 Å². The fraction of sp³-hybridized carbons (Fsp3) is 0.571. The van der Waals surface area contributed by atoms with Gasteiger partial charge in [-0.25, -0.2) is 9.45 Å². The summed E-state index contributed by atoms with van der Waals surface area (Å²) in [6, 6.07) is 4.95. The number of hydroxylamine groups is 2. The fourth-order valence-corrected chi connectivity index (χ4v) is 2.99. The molecule has 1 aromatic carbocycles. The summed E-state index contributed by atoms with van der Waals surface area (Å²) in [6.45, 7) is 3.70. The van der Waals surface area contributed by atoms with Crippen LogP contribution in [0.1, 0.15) is 69.2 Å². The molecular formula is C21H32FN3O4. The molecule has 0 bridgehead atoms. The van der Waals surface area contributed by atoms with Gasteiger partial charge in [0, 0.05) is 12.1 Å². The van der Waals surface area contributed by atoms with Crippen molar-refractivity contribution in [3.8, 4) is 0 Å². The highest BCUT2D eigenvalue weighted by molar-refractivity contribution is 5.95. The van der Waals surface area contributed by atoms with Gasteiger partial charge in [-0.3, -0.25) is 30.0 Å². The lowest BCUT2D eigenvalue weighted by Gasteiger charge is -2.27. The summed E-state index contributed by atoms with van der Waals surface area (Å²) in [5, 5.41) is 10.8. The maximum atomic E-state index is 12.9. The van der Waals surface area contributed by atoms with Gasteiger partial charge >= 0.3 is 0 Å². The highest BCUT2D eigenvalue weighted by Gasteiger charge is 2.26. The van der Waals surface area contributed by atoms with Crippen LogP contribution in [0, 0.1) is 11.7 Å². The molecule has 0 saturated heterocycles. The van der Waals surface area contributed by atoms with E-state index in [-0.39, 0.29) is 25.1 Å². The molecule has 0 aliphatic heterocycles. The lowest BCUT2D eigenvalue weighted by Crippen LogP contribution is -2.50. The maximum Gasteiger partial charge on any atom is 0.269 e. The number of carbonyl (C=O) groups excluding carboxylic acids is 3. The van der Waals surface area contributed by atoms with E-state index < -0.39 is 23.5 Å². The number of amides is 3. The van der Waals surface area contributed by atoms with Crippen LogP contribution in [0.5, 0.6) is 0 Å². The molecule has 162 valence electrons. The largest absolute Gasteiger partial charge is 0.286 e. The van der Waals surface area contributed by atoms with Crippen molar-refractivity contribution in [2.45, 2.75) is 58.8 Å². The molecular weight excluding hydrogens is 377 g/mol. The normalized spacial score (nSPS) is 13.7. The van der Waals surface area contributed by atoms with Crippen molar-refractivity contribution >= 4 is 18.2 Å². The van der Waals surface area contributed by atoms with Crippen molar-refractivity contribution < 1.29 is 24.0 Å². The van der Waals surface area contributed by atoms with Crippen molar-refractivity contribution in [1.29, 1.82) is 0 Å². The topological polar surface area (TPSA) is 90.0 Å². The minimum atomic E-state index is -0.653. The molecule has 2 N–H and O–H groups in total. The fourth-order valence-electron chi connectivity index (χ4n) is 2.99.